The maximum atomic E-state index is 6.37. The van der Waals surface area contributed by atoms with Crippen molar-refractivity contribution in [2.45, 2.75) is 64.8 Å². The molecule has 0 aliphatic carbocycles. The van der Waals surface area contributed by atoms with Crippen LogP contribution in [0.15, 0.2) is 16.9 Å². The molecule has 0 atom stereocenters. The lowest BCUT2D eigenvalue weighted by molar-refractivity contribution is 0.254. The topological polar surface area (TPSA) is 35.3 Å². The van der Waals surface area contributed by atoms with Gasteiger partial charge in [0.25, 0.3) is 0 Å². The SMILES string of the molecule is CC(C)[Si](OCc1ccon1)(C(C)C)C(C)C. The lowest BCUT2D eigenvalue weighted by Gasteiger charge is -2.41. The normalized spacial score (nSPS) is 13.0. The second-order valence-corrected chi connectivity index (χ2v) is 11.1. The van der Waals surface area contributed by atoms with E-state index in [2.05, 4.69) is 46.7 Å². The van der Waals surface area contributed by atoms with Crippen molar-refractivity contribution in [1.82, 2.24) is 5.16 Å². The Morgan fingerprint density at radius 1 is 1.12 bits per heavy atom. The predicted octanol–water partition coefficient (Wildman–Crippen LogP) is 4.37. The van der Waals surface area contributed by atoms with E-state index in [1.807, 2.05) is 6.07 Å². The third-order valence-corrected chi connectivity index (χ3v) is 9.73. The second kappa shape index (κ2) is 5.82. The van der Waals surface area contributed by atoms with E-state index in [9.17, 15) is 0 Å². The molecule has 3 nitrogen and oxygen atoms in total. The van der Waals surface area contributed by atoms with Crippen molar-refractivity contribution in [1.29, 1.82) is 0 Å². The summed E-state index contributed by atoms with van der Waals surface area (Å²) >= 11 is 0. The molecule has 1 aromatic rings. The molecule has 0 spiro atoms. The summed E-state index contributed by atoms with van der Waals surface area (Å²) in [7, 11) is -1.77. The van der Waals surface area contributed by atoms with Gasteiger partial charge in [0.15, 0.2) is 0 Å². The van der Waals surface area contributed by atoms with Crippen LogP contribution < -0.4 is 0 Å². The molecule has 0 N–H and O–H groups in total. The van der Waals surface area contributed by atoms with Crippen molar-refractivity contribution < 1.29 is 8.95 Å². The largest absolute Gasteiger partial charge is 0.410 e. The van der Waals surface area contributed by atoms with Crippen molar-refractivity contribution in [2.24, 2.45) is 0 Å². The first kappa shape index (κ1) is 14.4. The van der Waals surface area contributed by atoms with E-state index in [4.69, 9.17) is 8.95 Å². The predicted molar refractivity (Wildman–Crippen MR) is 72.3 cm³/mol. The summed E-state index contributed by atoms with van der Waals surface area (Å²) in [6.07, 6.45) is 1.60. The van der Waals surface area contributed by atoms with E-state index >= 15 is 0 Å². The van der Waals surface area contributed by atoms with Gasteiger partial charge in [-0.2, -0.15) is 0 Å². The quantitative estimate of drug-likeness (QED) is 0.708. The highest BCUT2D eigenvalue weighted by molar-refractivity contribution is 6.77. The summed E-state index contributed by atoms with van der Waals surface area (Å²) in [5.41, 5.74) is 2.71. The van der Waals surface area contributed by atoms with Crippen molar-refractivity contribution in [3.8, 4) is 0 Å². The van der Waals surface area contributed by atoms with Crippen LogP contribution in [0.5, 0.6) is 0 Å². The number of rotatable bonds is 6. The molecule has 17 heavy (non-hydrogen) atoms. The molecule has 0 saturated carbocycles. The van der Waals surface area contributed by atoms with Crippen LogP contribution in [0.1, 0.15) is 47.2 Å². The first-order valence-electron chi connectivity index (χ1n) is 6.44. The Labute approximate surface area is 106 Å². The maximum absolute atomic E-state index is 6.37. The van der Waals surface area contributed by atoms with Crippen LogP contribution in [0.2, 0.25) is 16.6 Å². The first-order valence-corrected chi connectivity index (χ1v) is 8.58. The highest BCUT2D eigenvalue weighted by Crippen LogP contribution is 2.42. The lowest BCUT2D eigenvalue weighted by atomic mass is 10.5. The fourth-order valence-corrected chi connectivity index (χ4v) is 8.41. The van der Waals surface area contributed by atoms with Crippen LogP contribution in [0.25, 0.3) is 0 Å². The van der Waals surface area contributed by atoms with Gasteiger partial charge in [-0.3, -0.25) is 0 Å². The molecule has 0 aliphatic rings. The van der Waals surface area contributed by atoms with Gasteiger partial charge in [0.1, 0.15) is 12.0 Å². The molecule has 0 saturated heterocycles. The Morgan fingerprint density at radius 3 is 2.00 bits per heavy atom. The van der Waals surface area contributed by atoms with Crippen LogP contribution in [0.3, 0.4) is 0 Å². The van der Waals surface area contributed by atoms with E-state index in [-0.39, 0.29) is 0 Å². The number of hydrogen-bond acceptors (Lipinski definition) is 3. The summed E-state index contributed by atoms with van der Waals surface area (Å²) in [4.78, 5) is 0. The Hall–Kier alpha value is -0.613. The maximum Gasteiger partial charge on any atom is 0.200 e. The van der Waals surface area contributed by atoms with Crippen LogP contribution >= 0.6 is 0 Å². The summed E-state index contributed by atoms with van der Waals surface area (Å²) in [5.74, 6) is 0. The van der Waals surface area contributed by atoms with Gasteiger partial charge in [-0.15, -0.1) is 0 Å². The van der Waals surface area contributed by atoms with Gasteiger partial charge in [-0.25, -0.2) is 0 Å². The zero-order chi connectivity index (χ0) is 13.1. The van der Waals surface area contributed by atoms with Crippen molar-refractivity contribution in [3.63, 3.8) is 0 Å². The molecule has 4 heteroatoms. The molecular weight excluding hydrogens is 230 g/mol. The standard InChI is InChI=1S/C13H25NO2Si/c1-10(2)17(11(3)4,12(5)6)16-9-13-7-8-15-14-13/h7-8,10-12H,9H2,1-6H3. The van der Waals surface area contributed by atoms with E-state index < -0.39 is 8.32 Å². The molecule has 0 fully saturated rings. The van der Waals surface area contributed by atoms with Crippen molar-refractivity contribution in [2.75, 3.05) is 0 Å². The van der Waals surface area contributed by atoms with Gasteiger partial charge in [-0.05, 0) is 16.6 Å². The van der Waals surface area contributed by atoms with Crippen LogP contribution in [0, 0.1) is 0 Å². The summed E-state index contributed by atoms with van der Waals surface area (Å²) in [6.45, 7) is 14.3. The summed E-state index contributed by atoms with van der Waals surface area (Å²) in [6, 6.07) is 1.88. The molecule has 0 radical (unpaired) electrons. The van der Waals surface area contributed by atoms with Gasteiger partial charge in [0.05, 0.1) is 6.61 Å². The number of hydrogen-bond donors (Lipinski definition) is 0. The van der Waals surface area contributed by atoms with Gasteiger partial charge >= 0.3 is 0 Å². The van der Waals surface area contributed by atoms with Gasteiger partial charge < -0.3 is 8.95 Å². The molecule has 1 heterocycles. The number of nitrogens with zero attached hydrogens (tertiary/aromatic N) is 1. The second-order valence-electron chi connectivity index (χ2n) is 5.60. The highest BCUT2D eigenvalue weighted by Gasteiger charge is 2.45. The highest BCUT2D eigenvalue weighted by atomic mass is 28.4. The smallest absolute Gasteiger partial charge is 0.200 e. The van der Waals surface area contributed by atoms with E-state index in [1.165, 1.54) is 0 Å². The van der Waals surface area contributed by atoms with Crippen LogP contribution in [0.4, 0.5) is 0 Å². The fourth-order valence-electron chi connectivity index (χ4n) is 3.01. The molecule has 0 aromatic carbocycles. The lowest BCUT2D eigenvalue weighted by Crippen LogP contribution is -2.47. The van der Waals surface area contributed by atoms with Crippen LogP contribution in [-0.4, -0.2) is 13.5 Å². The minimum atomic E-state index is -1.77. The zero-order valence-electron chi connectivity index (χ0n) is 11.9. The minimum Gasteiger partial charge on any atom is -0.410 e. The van der Waals surface area contributed by atoms with Gasteiger partial charge in [0.2, 0.25) is 8.32 Å². The zero-order valence-corrected chi connectivity index (χ0v) is 12.9. The van der Waals surface area contributed by atoms with Gasteiger partial charge in [-0.1, -0.05) is 46.7 Å². The molecule has 0 amide bonds. The number of aromatic nitrogens is 1. The molecule has 1 aromatic heterocycles. The average Bonchev–Trinajstić information content (AvgIpc) is 2.69. The van der Waals surface area contributed by atoms with Gasteiger partial charge in [0, 0.05) is 6.07 Å². The molecule has 98 valence electrons. The first-order chi connectivity index (χ1) is 7.91. The third kappa shape index (κ3) is 2.99. The van der Waals surface area contributed by atoms with E-state index in [0.717, 1.165) is 5.69 Å². The average molecular weight is 255 g/mol. The van der Waals surface area contributed by atoms with Crippen LogP contribution in [-0.2, 0) is 11.0 Å². The van der Waals surface area contributed by atoms with Crippen molar-refractivity contribution >= 4 is 8.32 Å². The molecule has 0 bridgehead atoms. The molecule has 1 rings (SSSR count). The monoisotopic (exact) mass is 255 g/mol. The summed E-state index contributed by atoms with van der Waals surface area (Å²) in [5, 5.41) is 3.92. The van der Waals surface area contributed by atoms with E-state index in [1.54, 1.807) is 6.26 Å². The van der Waals surface area contributed by atoms with Crippen molar-refractivity contribution in [3.05, 3.63) is 18.0 Å². The molecule has 0 unspecified atom stereocenters. The Morgan fingerprint density at radius 2 is 1.65 bits per heavy atom. The summed E-state index contributed by atoms with van der Waals surface area (Å²) < 4.78 is 11.2. The third-order valence-electron chi connectivity index (χ3n) is 3.67. The van der Waals surface area contributed by atoms with E-state index in [0.29, 0.717) is 23.2 Å². The minimum absolute atomic E-state index is 0.581. The molecular formula is C13H25NO2Si. The molecule has 0 aliphatic heterocycles. The Bertz CT molecular complexity index is 298. The Kier molecular flexibility index (Phi) is 4.95. The fraction of sp³-hybridized carbons (Fsp3) is 0.769. The Balaban J connectivity index is 2.83.